The molecule has 2 amide bonds. The molecule has 0 fully saturated rings. The van der Waals surface area contributed by atoms with Crippen LogP contribution in [0.15, 0.2) is 60.8 Å². The molecule has 0 saturated heterocycles. The Balaban J connectivity index is 1.75. The van der Waals surface area contributed by atoms with Crippen LogP contribution in [-0.4, -0.2) is 16.8 Å². The Bertz CT molecular complexity index is 883. The highest BCUT2D eigenvalue weighted by Gasteiger charge is 2.09. The first kappa shape index (κ1) is 15.7. The van der Waals surface area contributed by atoms with Gasteiger partial charge in [-0.1, -0.05) is 30.3 Å². The lowest BCUT2D eigenvalue weighted by molar-refractivity contribution is -0.119. The molecule has 0 atom stereocenters. The summed E-state index contributed by atoms with van der Waals surface area (Å²) in [4.78, 5) is 27.7. The number of carbonyl (C=O) groups excluding carboxylic acids is 2. The van der Waals surface area contributed by atoms with Gasteiger partial charge in [0.25, 0.3) is 5.91 Å². The lowest BCUT2D eigenvalue weighted by Gasteiger charge is -2.09. The monoisotopic (exact) mass is 319 g/mol. The Morgan fingerprint density at radius 2 is 1.75 bits per heavy atom. The predicted molar refractivity (Wildman–Crippen MR) is 93.7 cm³/mol. The third-order valence-electron chi connectivity index (χ3n) is 3.64. The minimum Gasteiger partial charge on any atom is -0.352 e. The minimum atomic E-state index is -0.195. The molecule has 0 aliphatic carbocycles. The van der Waals surface area contributed by atoms with Gasteiger partial charge >= 0.3 is 0 Å². The third kappa shape index (κ3) is 3.57. The molecular weight excluding hydrogens is 302 g/mol. The van der Waals surface area contributed by atoms with Crippen molar-refractivity contribution >= 4 is 28.4 Å². The van der Waals surface area contributed by atoms with E-state index in [1.54, 1.807) is 18.3 Å². The fourth-order valence-corrected chi connectivity index (χ4v) is 2.40. The number of aromatic nitrogens is 1. The summed E-state index contributed by atoms with van der Waals surface area (Å²) in [6.07, 6.45) is 1.70. The van der Waals surface area contributed by atoms with Crippen LogP contribution in [0.4, 0.5) is 5.69 Å². The molecule has 5 nitrogen and oxygen atoms in total. The van der Waals surface area contributed by atoms with E-state index in [1.807, 2.05) is 42.5 Å². The van der Waals surface area contributed by atoms with Crippen molar-refractivity contribution in [1.82, 2.24) is 10.3 Å². The zero-order valence-electron chi connectivity index (χ0n) is 13.2. The quantitative estimate of drug-likeness (QED) is 0.776. The van der Waals surface area contributed by atoms with E-state index in [0.29, 0.717) is 17.8 Å². The van der Waals surface area contributed by atoms with Crippen molar-refractivity contribution in [3.63, 3.8) is 0 Å². The molecule has 120 valence electrons. The van der Waals surface area contributed by atoms with Crippen LogP contribution in [0.3, 0.4) is 0 Å². The normalized spacial score (nSPS) is 10.4. The second-order valence-electron chi connectivity index (χ2n) is 5.44. The lowest BCUT2D eigenvalue weighted by Crippen LogP contribution is -2.19. The van der Waals surface area contributed by atoms with Crippen molar-refractivity contribution < 1.29 is 9.59 Å². The molecule has 1 heterocycles. The van der Waals surface area contributed by atoms with Crippen molar-refractivity contribution in [3.05, 3.63) is 71.9 Å². The Morgan fingerprint density at radius 1 is 1.00 bits per heavy atom. The van der Waals surface area contributed by atoms with Crippen molar-refractivity contribution in [3.8, 4) is 0 Å². The van der Waals surface area contributed by atoms with Gasteiger partial charge < -0.3 is 10.6 Å². The molecule has 0 spiro atoms. The summed E-state index contributed by atoms with van der Waals surface area (Å²) in [5, 5.41) is 6.60. The molecule has 1 aromatic heterocycles. The third-order valence-corrected chi connectivity index (χ3v) is 3.64. The molecule has 0 bridgehead atoms. The second kappa shape index (κ2) is 6.91. The second-order valence-corrected chi connectivity index (χ2v) is 5.44. The molecule has 5 heteroatoms. The summed E-state index contributed by atoms with van der Waals surface area (Å²) in [5.74, 6) is -0.278. The molecule has 3 aromatic rings. The zero-order chi connectivity index (χ0) is 16.9. The Hall–Kier alpha value is -3.21. The first-order valence-corrected chi connectivity index (χ1v) is 7.62. The Kier molecular flexibility index (Phi) is 4.52. The Labute approximate surface area is 139 Å². The summed E-state index contributed by atoms with van der Waals surface area (Å²) < 4.78 is 0. The summed E-state index contributed by atoms with van der Waals surface area (Å²) in [5.41, 5.74) is 2.93. The molecule has 0 unspecified atom stereocenters. The summed E-state index contributed by atoms with van der Waals surface area (Å²) in [7, 11) is 0. The van der Waals surface area contributed by atoms with Gasteiger partial charge in [0.1, 0.15) is 0 Å². The highest BCUT2D eigenvalue weighted by atomic mass is 16.2. The van der Waals surface area contributed by atoms with Crippen LogP contribution in [-0.2, 0) is 11.3 Å². The van der Waals surface area contributed by atoms with E-state index in [4.69, 9.17) is 0 Å². The van der Waals surface area contributed by atoms with Crippen LogP contribution < -0.4 is 10.6 Å². The number of hydrogen-bond acceptors (Lipinski definition) is 3. The predicted octanol–water partition coefficient (Wildman–Crippen LogP) is 3.12. The number of pyridine rings is 1. The van der Waals surface area contributed by atoms with Crippen molar-refractivity contribution in [1.29, 1.82) is 0 Å². The molecule has 24 heavy (non-hydrogen) atoms. The van der Waals surface area contributed by atoms with Crippen molar-refractivity contribution in [2.75, 3.05) is 5.32 Å². The van der Waals surface area contributed by atoms with Gasteiger partial charge in [0.05, 0.1) is 11.2 Å². The van der Waals surface area contributed by atoms with Crippen LogP contribution in [0.1, 0.15) is 22.8 Å². The molecule has 2 aromatic carbocycles. The average molecular weight is 319 g/mol. The number of anilines is 1. The molecule has 0 aliphatic rings. The van der Waals surface area contributed by atoms with Gasteiger partial charge in [-0.05, 0) is 29.8 Å². The number of nitrogens with one attached hydrogen (secondary N) is 2. The maximum Gasteiger partial charge on any atom is 0.255 e. The van der Waals surface area contributed by atoms with E-state index < -0.39 is 0 Å². The maximum atomic E-state index is 12.4. The number of fused-ring (bicyclic) bond motifs is 1. The van der Waals surface area contributed by atoms with E-state index in [2.05, 4.69) is 15.6 Å². The molecule has 0 radical (unpaired) electrons. The molecule has 2 N–H and O–H groups in total. The average Bonchev–Trinajstić information content (AvgIpc) is 2.60. The summed E-state index contributed by atoms with van der Waals surface area (Å²) >= 11 is 0. The van der Waals surface area contributed by atoms with Crippen molar-refractivity contribution in [2.24, 2.45) is 0 Å². The fourth-order valence-electron chi connectivity index (χ4n) is 2.40. The van der Waals surface area contributed by atoms with Gasteiger partial charge in [-0.3, -0.25) is 14.6 Å². The van der Waals surface area contributed by atoms with E-state index in [1.165, 1.54) is 6.92 Å². The molecule has 3 rings (SSSR count). The lowest BCUT2D eigenvalue weighted by atomic mass is 10.1. The van der Waals surface area contributed by atoms with Crippen LogP contribution in [0, 0.1) is 0 Å². The Morgan fingerprint density at radius 3 is 2.50 bits per heavy atom. The highest BCUT2D eigenvalue weighted by molar-refractivity contribution is 6.08. The first-order valence-electron chi connectivity index (χ1n) is 7.62. The van der Waals surface area contributed by atoms with Gasteiger partial charge in [0.15, 0.2) is 0 Å². The highest BCUT2D eigenvalue weighted by Crippen LogP contribution is 2.21. The van der Waals surface area contributed by atoms with Gasteiger partial charge in [0.2, 0.25) is 5.91 Å². The number of amides is 2. The number of nitrogens with zero attached hydrogens (tertiary/aromatic N) is 1. The van der Waals surface area contributed by atoms with Gasteiger partial charge in [0, 0.05) is 30.6 Å². The SMILES string of the molecule is CC(=O)NCc1ccc(C(=O)Nc2cccc3cccnc23)cc1. The topological polar surface area (TPSA) is 71.1 Å². The smallest absolute Gasteiger partial charge is 0.255 e. The zero-order valence-corrected chi connectivity index (χ0v) is 13.2. The van der Waals surface area contributed by atoms with Crippen molar-refractivity contribution in [2.45, 2.75) is 13.5 Å². The van der Waals surface area contributed by atoms with E-state index in [9.17, 15) is 9.59 Å². The number of benzene rings is 2. The van der Waals surface area contributed by atoms with Gasteiger partial charge in [-0.2, -0.15) is 0 Å². The van der Waals surface area contributed by atoms with E-state index >= 15 is 0 Å². The number of carbonyl (C=O) groups is 2. The molecule has 0 saturated carbocycles. The van der Waals surface area contributed by atoms with Gasteiger partial charge in [-0.15, -0.1) is 0 Å². The minimum absolute atomic E-state index is 0.0831. The standard InChI is InChI=1S/C19H17N3O2/c1-13(23)21-12-14-7-9-16(10-8-14)19(24)22-17-6-2-4-15-5-3-11-20-18(15)17/h2-11H,12H2,1H3,(H,21,23)(H,22,24). The molecular formula is C19H17N3O2. The summed E-state index contributed by atoms with van der Waals surface area (Å²) in [6, 6.07) is 16.6. The first-order chi connectivity index (χ1) is 11.6. The maximum absolute atomic E-state index is 12.4. The number of para-hydroxylation sites is 1. The fraction of sp³-hybridized carbons (Fsp3) is 0.105. The van der Waals surface area contributed by atoms with E-state index in [-0.39, 0.29) is 11.8 Å². The van der Waals surface area contributed by atoms with Crippen LogP contribution in [0.25, 0.3) is 10.9 Å². The summed E-state index contributed by atoms with van der Waals surface area (Å²) in [6.45, 7) is 1.92. The van der Waals surface area contributed by atoms with Crippen LogP contribution in [0.5, 0.6) is 0 Å². The van der Waals surface area contributed by atoms with Crippen LogP contribution in [0.2, 0.25) is 0 Å². The number of rotatable bonds is 4. The van der Waals surface area contributed by atoms with Crippen LogP contribution >= 0.6 is 0 Å². The molecule has 0 aliphatic heterocycles. The van der Waals surface area contributed by atoms with Gasteiger partial charge in [-0.25, -0.2) is 0 Å². The van der Waals surface area contributed by atoms with E-state index in [0.717, 1.165) is 16.5 Å². The largest absolute Gasteiger partial charge is 0.352 e. The number of hydrogen-bond donors (Lipinski definition) is 2.